The molecule has 0 aliphatic carbocycles. The fourth-order valence-corrected chi connectivity index (χ4v) is 2.29. The molecule has 0 radical (unpaired) electrons. The number of anilines is 3. The van der Waals surface area contributed by atoms with Crippen molar-refractivity contribution in [1.29, 1.82) is 0 Å². The Hall–Kier alpha value is -3.55. The number of nitrogens with zero attached hydrogens (tertiary/aromatic N) is 3. The maximum Gasteiger partial charge on any atom is 0.275 e. The third kappa shape index (κ3) is 4.10. The van der Waals surface area contributed by atoms with E-state index in [1.54, 1.807) is 44.2 Å². The Bertz CT molecular complexity index is 963. The smallest absolute Gasteiger partial charge is 0.275 e. The minimum atomic E-state index is -0.418. The fourth-order valence-electron chi connectivity index (χ4n) is 2.29. The van der Waals surface area contributed by atoms with Crippen molar-refractivity contribution < 1.29 is 14.1 Å². The molecule has 0 spiro atoms. The molecule has 0 saturated carbocycles. The predicted molar refractivity (Wildman–Crippen MR) is 95.7 cm³/mol. The van der Waals surface area contributed by atoms with Crippen LogP contribution in [-0.2, 0) is 0 Å². The summed E-state index contributed by atoms with van der Waals surface area (Å²) in [6, 6.07) is 10.1. The van der Waals surface area contributed by atoms with E-state index in [1.165, 1.54) is 13.0 Å². The Balaban J connectivity index is 1.78. The second kappa shape index (κ2) is 7.14. The lowest BCUT2D eigenvalue weighted by atomic mass is 10.1. The average Bonchev–Trinajstić information content (AvgIpc) is 2.99. The molecule has 2 N–H and O–H groups in total. The van der Waals surface area contributed by atoms with Crippen molar-refractivity contribution in [2.75, 3.05) is 10.6 Å². The Morgan fingerprint density at radius 1 is 1.00 bits per heavy atom. The highest BCUT2D eigenvalue weighted by Gasteiger charge is 2.13. The van der Waals surface area contributed by atoms with Crippen LogP contribution in [0.25, 0.3) is 0 Å². The number of carbonyl (C=O) groups is 2. The number of amides is 1. The van der Waals surface area contributed by atoms with Crippen LogP contribution in [0.3, 0.4) is 0 Å². The first kappa shape index (κ1) is 17.3. The van der Waals surface area contributed by atoms with Gasteiger partial charge >= 0.3 is 0 Å². The van der Waals surface area contributed by atoms with Crippen molar-refractivity contribution in [2.45, 2.75) is 20.8 Å². The van der Waals surface area contributed by atoms with Gasteiger partial charge in [-0.1, -0.05) is 5.16 Å². The second-order valence-electron chi connectivity index (χ2n) is 5.72. The SMILES string of the molecule is CC(=O)c1ccc(Nc2cc(C(=O)Nc3cc(C)on3)nc(C)n2)cc1. The number of hydrogen-bond acceptors (Lipinski definition) is 7. The van der Waals surface area contributed by atoms with Crippen molar-refractivity contribution in [1.82, 2.24) is 15.1 Å². The van der Waals surface area contributed by atoms with Crippen LogP contribution in [0.1, 0.15) is 39.4 Å². The summed E-state index contributed by atoms with van der Waals surface area (Å²) in [4.78, 5) is 32.1. The number of carbonyl (C=O) groups excluding carboxylic acids is 2. The molecule has 0 bridgehead atoms. The zero-order valence-corrected chi connectivity index (χ0v) is 14.5. The van der Waals surface area contributed by atoms with E-state index in [2.05, 4.69) is 25.8 Å². The fraction of sp³-hybridized carbons (Fsp3) is 0.167. The van der Waals surface area contributed by atoms with Gasteiger partial charge in [-0.05, 0) is 45.0 Å². The Morgan fingerprint density at radius 3 is 2.35 bits per heavy atom. The summed E-state index contributed by atoms with van der Waals surface area (Å²) in [6.07, 6.45) is 0. The van der Waals surface area contributed by atoms with Gasteiger partial charge in [0.1, 0.15) is 23.1 Å². The van der Waals surface area contributed by atoms with Gasteiger partial charge in [0.2, 0.25) is 0 Å². The molecule has 26 heavy (non-hydrogen) atoms. The lowest BCUT2D eigenvalue weighted by Crippen LogP contribution is -2.15. The van der Waals surface area contributed by atoms with Gasteiger partial charge in [-0.15, -0.1) is 0 Å². The summed E-state index contributed by atoms with van der Waals surface area (Å²) in [6.45, 7) is 4.94. The maximum atomic E-state index is 12.4. The first-order chi connectivity index (χ1) is 12.4. The van der Waals surface area contributed by atoms with E-state index in [4.69, 9.17) is 4.52 Å². The van der Waals surface area contributed by atoms with Crippen LogP contribution in [-0.4, -0.2) is 26.8 Å². The first-order valence-corrected chi connectivity index (χ1v) is 7.89. The van der Waals surface area contributed by atoms with Crippen LogP contribution in [0, 0.1) is 13.8 Å². The standard InChI is InChI=1S/C18H17N5O3/c1-10-8-17(23-26-10)22-18(25)15-9-16(20-12(3)19-15)21-14-6-4-13(5-7-14)11(2)24/h4-9H,1-3H3,(H,19,20,21)(H,22,23,25). The predicted octanol–water partition coefficient (Wildman–Crippen LogP) is 3.28. The lowest BCUT2D eigenvalue weighted by molar-refractivity contribution is 0.101. The van der Waals surface area contributed by atoms with Crippen molar-refractivity contribution in [2.24, 2.45) is 0 Å². The van der Waals surface area contributed by atoms with Crippen molar-refractivity contribution in [3.8, 4) is 0 Å². The zero-order chi connectivity index (χ0) is 18.7. The Morgan fingerprint density at radius 2 is 1.73 bits per heavy atom. The lowest BCUT2D eigenvalue weighted by Gasteiger charge is -2.09. The van der Waals surface area contributed by atoms with E-state index in [0.717, 1.165) is 5.69 Å². The molecule has 0 unspecified atom stereocenters. The number of rotatable bonds is 5. The van der Waals surface area contributed by atoms with E-state index in [1.807, 2.05) is 0 Å². The molecule has 0 atom stereocenters. The van der Waals surface area contributed by atoms with Gasteiger partial charge in [0.15, 0.2) is 11.6 Å². The summed E-state index contributed by atoms with van der Waals surface area (Å²) in [5, 5.41) is 9.44. The second-order valence-corrected chi connectivity index (χ2v) is 5.72. The van der Waals surface area contributed by atoms with Gasteiger partial charge in [0, 0.05) is 23.4 Å². The van der Waals surface area contributed by atoms with Gasteiger partial charge in [-0.3, -0.25) is 9.59 Å². The number of aromatic nitrogens is 3. The highest BCUT2D eigenvalue weighted by molar-refractivity contribution is 6.02. The minimum Gasteiger partial charge on any atom is -0.360 e. The number of hydrogen-bond donors (Lipinski definition) is 2. The Labute approximate surface area is 149 Å². The summed E-state index contributed by atoms with van der Waals surface area (Å²) >= 11 is 0. The summed E-state index contributed by atoms with van der Waals surface area (Å²) in [7, 11) is 0. The van der Waals surface area contributed by atoms with E-state index in [9.17, 15) is 9.59 Å². The molecule has 0 aliphatic heterocycles. The molecule has 0 saturated heterocycles. The van der Waals surface area contributed by atoms with Gasteiger partial charge in [0.05, 0.1) is 0 Å². The van der Waals surface area contributed by atoms with Crippen molar-refractivity contribution >= 4 is 29.0 Å². The van der Waals surface area contributed by atoms with Crippen LogP contribution >= 0.6 is 0 Å². The molecule has 0 fully saturated rings. The summed E-state index contributed by atoms with van der Waals surface area (Å²) < 4.78 is 4.92. The molecule has 3 aromatic rings. The van der Waals surface area contributed by atoms with Crippen LogP contribution < -0.4 is 10.6 Å². The monoisotopic (exact) mass is 351 g/mol. The molecular weight excluding hydrogens is 334 g/mol. The summed E-state index contributed by atoms with van der Waals surface area (Å²) in [5.74, 6) is 1.40. The largest absolute Gasteiger partial charge is 0.360 e. The van der Waals surface area contributed by atoms with Gasteiger partial charge in [-0.25, -0.2) is 9.97 Å². The van der Waals surface area contributed by atoms with Crippen molar-refractivity contribution in [3.05, 3.63) is 59.2 Å². The number of aryl methyl sites for hydroxylation is 2. The highest BCUT2D eigenvalue weighted by atomic mass is 16.5. The molecule has 1 aromatic carbocycles. The van der Waals surface area contributed by atoms with Gasteiger partial charge in [0.25, 0.3) is 5.91 Å². The third-order valence-corrected chi connectivity index (χ3v) is 3.50. The Kier molecular flexibility index (Phi) is 4.74. The van der Waals surface area contributed by atoms with Crippen LogP contribution in [0.15, 0.2) is 40.9 Å². The average molecular weight is 351 g/mol. The molecule has 0 aliphatic rings. The minimum absolute atomic E-state index is 0.00326. The van der Waals surface area contributed by atoms with Crippen LogP contribution in [0.4, 0.5) is 17.3 Å². The van der Waals surface area contributed by atoms with Crippen LogP contribution in [0.2, 0.25) is 0 Å². The molecular formula is C18H17N5O3. The molecule has 2 aromatic heterocycles. The van der Waals surface area contributed by atoms with Crippen molar-refractivity contribution in [3.63, 3.8) is 0 Å². The molecule has 8 nitrogen and oxygen atoms in total. The first-order valence-electron chi connectivity index (χ1n) is 7.89. The molecule has 2 heterocycles. The molecule has 1 amide bonds. The van der Waals surface area contributed by atoms with E-state index in [-0.39, 0.29) is 11.5 Å². The van der Waals surface area contributed by atoms with E-state index >= 15 is 0 Å². The number of nitrogens with one attached hydrogen (secondary N) is 2. The topological polar surface area (TPSA) is 110 Å². The maximum absolute atomic E-state index is 12.4. The third-order valence-electron chi connectivity index (χ3n) is 3.50. The molecule has 8 heteroatoms. The van der Waals surface area contributed by atoms with Gasteiger partial charge in [-0.2, -0.15) is 0 Å². The van der Waals surface area contributed by atoms with E-state index in [0.29, 0.717) is 28.8 Å². The normalized spacial score (nSPS) is 10.4. The summed E-state index contributed by atoms with van der Waals surface area (Å²) in [5.41, 5.74) is 1.56. The van der Waals surface area contributed by atoms with Crippen LogP contribution in [0.5, 0.6) is 0 Å². The van der Waals surface area contributed by atoms with Gasteiger partial charge < -0.3 is 15.2 Å². The highest BCUT2D eigenvalue weighted by Crippen LogP contribution is 2.17. The number of benzene rings is 1. The number of Topliss-reactive ketones (excluding diaryl/α,β-unsaturated/α-hetero) is 1. The molecule has 132 valence electrons. The quantitative estimate of drug-likeness (QED) is 0.679. The molecule has 3 rings (SSSR count). The number of ketones is 1. The van der Waals surface area contributed by atoms with E-state index < -0.39 is 5.91 Å². The zero-order valence-electron chi connectivity index (χ0n) is 14.5.